The van der Waals surface area contributed by atoms with E-state index in [2.05, 4.69) is 0 Å². The number of hydrogen-bond acceptors (Lipinski definition) is 4. The molecule has 0 bridgehead atoms. The molecule has 0 spiro atoms. The Balaban J connectivity index is 2.38. The third kappa shape index (κ3) is 3.38. The molecule has 21 heavy (non-hydrogen) atoms. The maximum atomic E-state index is 11.3. The van der Waals surface area contributed by atoms with Crippen LogP contribution in [-0.2, 0) is 0 Å². The Bertz CT molecular complexity index is 728. The first-order valence-corrected chi connectivity index (χ1v) is 6.49. The molecular weight excluding hydrogens is 294 g/mol. The Labute approximate surface area is 126 Å². The van der Waals surface area contributed by atoms with Crippen LogP contribution in [0, 0.1) is 17.0 Å². The third-order valence-corrected chi connectivity index (χ3v) is 3.17. The number of ketones is 1. The first-order valence-electron chi connectivity index (χ1n) is 6.12. The van der Waals surface area contributed by atoms with E-state index in [1.54, 1.807) is 18.2 Å². The Morgan fingerprint density at radius 2 is 1.95 bits per heavy atom. The van der Waals surface area contributed by atoms with Crippen LogP contribution in [0.1, 0.15) is 22.8 Å². The fraction of sp³-hybridized carbons (Fsp3) is 0.133. The number of aryl methyl sites for hydroxylation is 1. The largest absolute Gasteiger partial charge is 0.450 e. The van der Waals surface area contributed by atoms with Crippen molar-refractivity contribution in [1.82, 2.24) is 0 Å². The third-order valence-electron chi connectivity index (χ3n) is 2.86. The second-order valence-electron chi connectivity index (χ2n) is 4.53. The summed E-state index contributed by atoms with van der Waals surface area (Å²) in [6, 6.07) is 9.14. The lowest BCUT2D eigenvalue weighted by Gasteiger charge is -2.08. The monoisotopic (exact) mass is 305 g/mol. The number of benzene rings is 2. The Morgan fingerprint density at radius 1 is 1.24 bits per heavy atom. The average Bonchev–Trinajstić information content (AvgIpc) is 2.37. The fourth-order valence-electron chi connectivity index (χ4n) is 1.83. The summed E-state index contributed by atoms with van der Waals surface area (Å²) in [6.07, 6.45) is 0. The molecule has 0 radical (unpaired) electrons. The van der Waals surface area contributed by atoms with Gasteiger partial charge in [-0.15, -0.1) is 0 Å². The predicted molar refractivity (Wildman–Crippen MR) is 79.4 cm³/mol. The van der Waals surface area contributed by atoms with E-state index in [0.717, 1.165) is 5.56 Å². The van der Waals surface area contributed by atoms with Crippen molar-refractivity contribution in [2.75, 3.05) is 0 Å². The SMILES string of the molecule is CC(=O)c1ccc(Oc2cc(C)ccc2[N+](=O)[O-])cc1Cl. The van der Waals surface area contributed by atoms with Crippen molar-refractivity contribution in [1.29, 1.82) is 0 Å². The average molecular weight is 306 g/mol. The molecule has 2 rings (SSSR count). The van der Waals surface area contributed by atoms with Crippen LogP contribution in [0.3, 0.4) is 0 Å². The van der Waals surface area contributed by atoms with Crippen LogP contribution >= 0.6 is 11.6 Å². The van der Waals surface area contributed by atoms with Gasteiger partial charge in [0.05, 0.1) is 9.95 Å². The molecule has 5 nitrogen and oxygen atoms in total. The molecule has 0 fully saturated rings. The molecule has 0 aromatic heterocycles. The summed E-state index contributed by atoms with van der Waals surface area (Å²) in [5.74, 6) is 0.304. The lowest BCUT2D eigenvalue weighted by Crippen LogP contribution is -1.96. The van der Waals surface area contributed by atoms with Crippen LogP contribution in [0.25, 0.3) is 0 Å². The highest BCUT2D eigenvalue weighted by Crippen LogP contribution is 2.33. The molecule has 0 unspecified atom stereocenters. The van der Waals surface area contributed by atoms with Crippen LogP contribution in [0.5, 0.6) is 11.5 Å². The van der Waals surface area contributed by atoms with Gasteiger partial charge in [-0.05, 0) is 37.6 Å². The molecule has 108 valence electrons. The number of hydrogen-bond donors (Lipinski definition) is 0. The lowest BCUT2D eigenvalue weighted by molar-refractivity contribution is -0.385. The molecular formula is C15H12ClNO4. The van der Waals surface area contributed by atoms with Crippen LogP contribution < -0.4 is 4.74 Å². The van der Waals surface area contributed by atoms with Gasteiger partial charge in [0.15, 0.2) is 5.78 Å². The Hall–Kier alpha value is -2.40. The topological polar surface area (TPSA) is 69.4 Å². The number of nitro benzene ring substituents is 1. The first-order chi connectivity index (χ1) is 9.88. The van der Waals surface area contributed by atoms with Crippen LogP contribution in [0.4, 0.5) is 5.69 Å². The number of rotatable bonds is 4. The summed E-state index contributed by atoms with van der Waals surface area (Å²) < 4.78 is 5.53. The van der Waals surface area contributed by atoms with E-state index in [1.165, 1.54) is 25.1 Å². The molecule has 6 heteroatoms. The molecule has 0 N–H and O–H groups in total. The van der Waals surface area contributed by atoms with Gasteiger partial charge in [-0.25, -0.2) is 0 Å². The van der Waals surface area contributed by atoms with E-state index < -0.39 is 4.92 Å². The molecule has 0 heterocycles. The molecule has 0 atom stereocenters. The second kappa shape index (κ2) is 5.93. The minimum absolute atomic E-state index is 0.131. The zero-order valence-corrected chi connectivity index (χ0v) is 12.2. The van der Waals surface area contributed by atoms with Crippen molar-refractivity contribution in [2.24, 2.45) is 0 Å². The number of halogens is 1. The molecule has 0 aliphatic heterocycles. The molecule has 0 aliphatic rings. The smallest absolute Gasteiger partial charge is 0.311 e. The van der Waals surface area contributed by atoms with Crippen LogP contribution in [0.2, 0.25) is 5.02 Å². The van der Waals surface area contributed by atoms with Gasteiger partial charge in [0.1, 0.15) is 5.75 Å². The van der Waals surface area contributed by atoms with Crippen molar-refractivity contribution in [2.45, 2.75) is 13.8 Å². The number of carbonyl (C=O) groups is 1. The minimum atomic E-state index is -0.514. The number of Topliss-reactive ketones (excluding diaryl/α,β-unsaturated/α-hetero) is 1. The first kappa shape index (κ1) is 15.0. The van der Waals surface area contributed by atoms with Gasteiger partial charge in [-0.1, -0.05) is 17.7 Å². The summed E-state index contributed by atoms with van der Waals surface area (Å²) in [5, 5.41) is 11.2. The quantitative estimate of drug-likeness (QED) is 0.472. The van der Waals surface area contributed by atoms with Crippen molar-refractivity contribution in [3.05, 3.63) is 62.7 Å². The maximum absolute atomic E-state index is 11.3. The van der Waals surface area contributed by atoms with Crippen molar-refractivity contribution >= 4 is 23.1 Å². The van der Waals surface area contributed by atoms with Gasteiger partial charge in [-0.3, -0.25) is 14.9 Å². The highest BCUT2D eigenvalue weighted by molar-refractivity contribution is 6.34. The zero-order chi connectivity index (χ0) is 15.6. The van der Waals surface area contributed by atoms with Gasteiger partial charge < -0.3 is 4.74 Å². The molecule has 0 aliphatic carbocycles. The van der Waals surface area contributed by atoms with E-state index in [-0.39, 0.29) is 22.2 Å². The molecule has 2 aromatic rings. The van der Waals surface area contributed by atoms with Gasteiger partial charge in [0.25, 0.3) is 0 Å². The number of carbonyl (C=O) groups excluding carboxylic acids is 1. The Morgan fingerprint density at radius 3 is 2.52 bits per heavy atom. The number of nitro groups is 1. The number of nitrogens with zero attached hydrogens (tertiary/aromatic N) is 1. The highest BCUT2D eigenvalue weighted by Gasteiger charge is 2.16. The van der Waals surface area contributed by atoms with Gasteiger partial charge in [0.2, 0.25) is 5.75 Å². The van der Waals surface area contributed by atoms with Gasteiger partial charge >= 0.3 is 5.69 Å². The van der Waals surface area contributed by atoms with Gasteiger partial charge in [-0.2, -0.15) is 0 Å². The van der Waals surface area contributed by atoms with E-state index in [0.29, 0.717) is 11.3 Å². The van der Waals surface area contributed by atoms with Crippen LogP contribution in [0.15, 0.2) is 36.4 Å². The number of ether oxygens (including phenoxy) is 1. The molecule has 2 aromatic carbocycles. The summed E-state index contributed by atoms with van der Waals surface area (Å²) in [4.78, 5) is 21.8. The van der Waals surface area contributed by atoms with E-state index >= 15 is 0 Å². The van der Waals surface area contributed by atoms with Crippen LogP contribution in [-0.4, -0.2) is 10.7 Å². The minimum Gasteiger partial charge on any atom is -0.450 e. The van der Waals surface area contributed by atoms with Crippen molar-refractivity contribution in [3.8, 4) is 11.5 Å². The Kier molecular flexibility index (Phi) is 4.23. The highest BCUT2D eigenvalue weighted by atomic mass is 35.5. The maximum Gasteiger partial charge on any atom is 0.311 e. The normalized spacial score (nSPS) is 10.2. The summed E-state index contributed by atoms with van der Waals surface area (Å²) in [7, 11) is 0. The predicted octanol–water partition coefficient (Wildman–Crippen LogP) is 4.55. The summed E-state index contributed by atoms with van der Waals surface area (Å²) >= 11 is 5.99. The van der Waals surface area contributed by atoms with Gasteiger partial charge in [0, 0.05) is 17.7 Å². The second-order valence-corrected chi connectivity index (χ2v) is 4.94. The van der Waals surface area contributed by atoms with E-state index in [1.807, 2.05) is 6.92 Å². The zero-order valence-electron chi connectivity index (χ0n) is 11.4. The van der Waals surface area contributed by atoms with E-state index in [4.69, 9.17) is 16.3 Å². The molecule has 0 saturated heterocycles. The van der Waals surface area contributed by atoms with E-state index in [9.17, 15) is 14.9 Å². The van der Waals surface area contributed by atoms with Crippen molar-refractivity contribution in [3.63, 3.8) is 0 Å². The lowest BCUT2D eigenvalue weighted by atomic mass is 10.1. The van der Waals surface area contributed by atoms with Crippen molar-refractivity contribution < 1.29 is 14.5 Å². The summed E-state index contributed by atoms with van der Waals surface area (Å²) in [6.45, 7) is 3.22. The fourth-order valence-corrected chi connectivity index (χ4v) is 2.13. The molecule has 0 saturated carbocycles. The molecule has 0 amide bonds. The standard InChI is InChI=1S/C15H12ClNO4/c1-9-3-6-14(17(19)20)15(7-9)21-11-4-5-12(10(2)18)13(16)8-11/h3-8H,1-2H3. The summed E-state index contributed by atoms with van der Waals surface area (Å²) in [5.41, 5.74) is 1.08.